The van der Waals surface area contributed by atoms with E-state index < -0.39 is 0 Å². The Morgan fingerprint density at radius 1 is 1.30 bits per heavy atom. The number of rotatable bonds is 11. The molecule has 4 nitrogen and oxygen atoms in total. The second-order valence-electron chi connectivity index (χ2n) is 6.85. The smallest absolute Gasteiger partial charge is 0.135 e. The van der Waals surface area contributed by atoms with Gasteiger partial charge in [-0.3, -0.25) is 4.79 Å². The molecule has 0 amide bonds. The molecule has 0 heterocycles. The third kappa shape index (κ3) is 19.2. The number of hydrogen-bond acceptors (Lipinski definition) is 3. The number of ether oxygens (including phenoxy) is 1. The van der Waals surface area contributed by atoms with Crippen LogP contribution in [0.25, 0.3) is 0 Å². The van der Waals surface area contributed by atoms with Gasteiger partial charge < -0.3 is 10.5 Å². The number of carbonyl (C=O) groups is 1. The van der Waals surface area contributed by atoms with Crippen LogP contribution in [-0.2, 0) is 9.53 Å². The Labute approximate surface area is 169 Å². The van der Waals surface area contributed by atoms with Gasteiger partial charge in [-0.2, -0.15) is 0 Å². The summed E-state index contributed by atoms with van der Waals surface area (Å²) in [6.45, 7) is 19.7. The fourth-order valence-electron chi connectivity index (χ4n) is 2.60. The normalized spacial score (nSPS) is 14.3. The Morgan fingerprint density at radius 3 is 2.22 bits per heavy atom. The first-order chi connectivity index (χ1) is 12.7. The standard InChI is InChI=1S/C14H28O2.C7H12N2.C2H6/c1-6-8-9-13(15)12(3)11-14(4,16-5)10-7-2;1-4-5-7(8)9-6(2)3;1-2/h12H,6-11H2,1-5H3;4-5H,2H2,1,3H3,(H2,8,9);1-2H3/b;5-4-;/t12?,14-;;/m0../s1. The SMILES string of the molecule is C=C(C)N=C(N)/C=C\C.CC.CCCCC(=O)C(C)C[C@](C)(CCC)OC. The van der Waals surface area contributed by atoms with Gasteiger partial charge in [-0.05, 0) is 46.1 Å². The van der Waals surface area contributed by atoms with E-state index in [2.05, 4.69) is 32.3 Å². The zero-order valence-corrected chi connectivity index (χ0v) is 19.5. The maximum absolute atomic E-state index is 11.8. The van der Waals surface area contributed by atoms with Crippen LogP contribution in [0.1, 0.15) is 93.9 Å². The number of amidine groups is 1. The van der Waals surface area contributed by atoms with Crippen LogP contribution in [-0.4, -0.2) is 24.3 Å². The summed E-state index contributed by atoms with van der Waals surface area (Å²) in [4.78, 5) is 15.7. The predicted molar refractivity (Wildman–Crippen MR) is 121 cm³/mol. The highest BCUT2D eigenvalue weighted by Gasteiger charge is 2.27. The lowest BCUT2D eigenvalue weighted by molar-refractivity contribution is -0.125. The van der Waals surface area contributed by atoms with Crippen molar-refractivity contribution in [3.05, 3.63) is 24.4 Å². The molecular weight excluding hydrogens is 336 g/mol. The summed E-state index contributed by atoms with van der Waals surface area (Å²) in [5.74, 6) is 1.02. The van der Waals surface area contributed by atoms with E-state index in [1.54, 1.807) is 20.1 Å². The third-order valence-corrected chi connectivity index (χ3v) is 3.99. The van der Waals surface area contributed by atoms with Gasteiger partial charge in [0.15, 0.2) is 0 Å². The average Bonchev–Trinajstić information content (AvgIpc) is 2.61. The summed E-state index contributed by atoms with van der Waals surface area (Å²) >= 11 is 0. The molecule has 0 saturated carbocycles. The van der Waals surface area contributed by atoms with Gasteiger partial charge in [0.25, 0.3) is 0 Å². The van der Waals surface area contributed by atoms with Crippen LogP contribution in [0.3, 0.4) is 0 Å². The number of methoxy groups -OCH3 is 1. The lowest BCUT2D eigenvalue weighted by Crippen LogP contribution is -2.31. The van der Waals surface area contributed by atoms with Gasteiger partial charge in [0.1, 0.15) is 11.6 Å². The van der Waals surface area contributed by atoms with Crippen molar-refractivity contribution in [1.29, 1.82) is 0 Å². The van der Waals surface area contributed by atoms with E-state index in [4.69, 9.17) is 10.5 Å². The molecule has 160 valence electrons. The molecule has 27 heavy (non-hydrogen) atoms. The van der Waals surface area contributed by atoms with Crippen LogP contribution in [0.5, 0.6) is 0 Å². The fourth-order valence-corrected chi connectivity index (χ4v) is 2.60. The van der Waals surface area contributed by atoms with E-state index in [1.165, 1.54) is 0 Å². The van der Waals surface area contributed by atoms with Crippen molar-refractivity contribution in [1.82, 2.24) is 0 Å². The number of Topliss-reactive ketones (excluding diaryl/α,β-unsaturated/α-hetero) is 1. The van der Waals surface area contributed by atoms with Crippen LogP contribution in [0.15, 0.2) is 29.4 Å². The zero-order valence-electron chi connectivity index (χ0n) is 19.5. The second kappa shape index (κ2) is 19.3. The van der Waals surface area contributed by atoms with Crippen LogP contribution in [0, 0.1) is 5.92 Å². The van der Waals surface area contributed by atoms with Crippen molar-refractivity contribution in [2.45, 2.75) is 99.5 Å². The summed E-state index contributed by atoms with van der Waals surface area (Å²) in [6.07, 6.45) is 9.37. The number of unbranched alkanes of at least 4 members (excludes halogenated alkanes) is 1. The van der Waals surface area contributed by atoms with Crippen molar-refractivity contribution < 1.29 is 9.53 Å². The van der Waals surface area contributed by atoms with Gasteiger partial charge in [-0.15, -0.1) is 0 Å². The maximum atomic E-state index is 11.8. The Hall–Kier alpha value is -1.42. The zero-order chi connectivity index (χ0) is 21.9. The lowest BCUT2D eigenvalue weighted by Gasteiger charge is -2.30. The topological polar surface area (TPSA) is 64.7 Å². The molecule has 0 aromatic rings. The molecule has 0 saturated heterocycles. The molecule has 0 aliphatic carbocycles. The van der Waals surface area contributed by atoms with E-state index in [0.717, 1.165) is 44.2 Å². The van der Waals surface area contributed by atoms with Gasteiger partial charge in [0.2, 0.25) is 0 Å². The van der Waals surface area contributed by atoms with Crippen LogP contribution >= 0.6 is 0 Å². The summed E-state index contributed by atoms with van der Waals surface area (Å²) in [5.41, 5.74) is 5.99. The predicted octanol–water partition coefficient (Wildman–Crippen LogP) is 6.46. The van der Waals surface area contributed by atoms with E-state index in [9.17, 15) is 4.79 Å². The first-order valence-corrected chi connectivity index (χ1v) is 10.4. The Morgan fingerprint density at radius 2 is 1.85 bits per heavy atom. The number of nitrogens with zero attached hydrogens (tertiary/aromatic N) is 1. The van der Waals surface area contributed by atoms with Gasteiger partial charge in [-0.25, -0.2) is 4.99 Å². The van der Waals surface area contributed by atoms with Crippen molar-refractivity contribution in [3.63, 3.8) is 0 Å². The van der Waals surface area contributed by atoms with E-state index in [1.807, 2.05) is 33.8 Å². The summed E-state index contributed by atoms with van der Waals surface area (Å²) < 4.78 is 5.55. The second-order valence-corrected chi connectivity index (χ2v) is 6.85. The molecule has 0 radical (unpaired) electrons. The van der Waals surface area contributed by atoms with E-state index in [0.29, 0.717) is 11.6 Å². The first-order valence-electron chi connectivity index (χ1n) is 10.4. The maximum Gasteiger partial charge on any atom is 0.135 e. The van der Waals surface area contributed by atoms with Crippen molar-refractivity contribution in [3.8, 4) is 0 Å². The number of allylic oxidation sites excluding steroid dienone is 2. The van der Waals surface area contributed by atoms with E-state index in [-0.39, 0.29) is 11.5 Å². The van der Waals surface area contributed by atoms with Gasteiger partial charge in [0.05, 0.1) is 5.60 Å². The molecule has 0 aromatic heterocycles. The molecule has 0 aliphatic rings. The van der Waals surface area contributed by atoms with Crippen LogP contribution < -0.4 is 5.73 Å². The van der Waals surface area contributed by atoms with Crippen molar-refractivity contribution >= 4 is 11.6 Å². The number of hydrogen-bond donors (Lipinski definition) is 1. The van der Waals surface area contributed by atoms with Crippen molar-refractivity contribution in [2.75, 3.05) is 7.11 Å². The minimum absolute atomic E-state index is 0.128. The van der Waals surface area contributed by atoms with Crippen molar-refractivity contribution in [2.24, 2.45) is 16.6 Å². The molecule has 4 heteroatoms. The molecule has 0 aromatic carbocycles. The minimum atomic E-state index is -0.129. The summed E-state index contributed by atoms with van der Waals surface area (Å²) in [6, 6.07) is 0. The molecular formula is C23H46N2O2. The highest BCUT2D eigenvalue weighted by Crippen LogP contribution is 2.26. The molecule has 0 bridgehead atoms. The number of aliphatic imine (C=N–C) groups is 1. The van der Waals surface area contributed by atoms with Crippen LogP contribution in [0.4, 0.5) is 0 Å². The third-order valence-electron chi connectivity index (χ3n) is 3.99. The molecule has 0 aliphatic heterocycles. The Kier molecular flexibility index (Phi) is 21.7. The number of carbonyl (C=O) groups excluding carboxylic acids is 1. The Balaban J connectivity index is -0.000000444. The van der Waals surface area contributed by atoms with Gasteiger partial charge in [-0.1, -0.05) is 60.1 Å². The average molecular weight is 383 g/mol. The van der Waals surface area contributed by atoms with E-state index >= 15 is 0 Å². The monoisotopic (exact) mass is 382 g/mol. The Bertz CT molecular complexity index is 442. The molecule has 2 atom stereocenters. The number of ketones is 1. The summed E-state index contributed by atoms with van der Waals surface area (Å²) in [7, 11) is 1.75. The molecule has 0 spiro atoms. The lowest BCUT2D eigenvalue weighted by atomic mass is 9.86. The summed E-state index contributed by atoms with van der Waals surface area (Å²) in [5, 5.41) is 0. The van der Waals surface area contributed by atoms with Gasteiger partial charge >= 0.3 is 0 Å². The highest BCUT2D eigenvalue weighted by molar-refractivity contribution is 5.91. The quantitative estimate of drug-likeness (QED) is 0.329. The molecule has 0 fully saturated rings. The molecule has 1 unspecified atom stereocenters. The first kappa shape index (κ1) is 30.3. The number of nitrogens with two attached hydrogens (primary N) is 1. The highest BCUT2D eigenvalue weighted by atomic mass is 16.5. The fraction of sp³-hybridized carbons (Fsp3) is 0.739. The molecule has 0 rings (SSSR count). The minimum Gasteiger partial charge on any atom is -0.384 e. The van der Waals surface area contributed by atoms with Crippen LogP contribution in [0.2, 0.25) is 0 Å². The van der Waals surface area contributed by atoms with Gasteiger partial charge in [0, 0.05) is 25.1 Å². The molecule has 2 N–H and O–H groups in total. The largest absolute Gasteiger partial charge is 0.384 e.